The Balaban J connectivity index is 2.14. The van der Waals surface area contributed by atoms with Gasteiger partial charge >= 0.3 is 0 Å². The number of rotatable bonds is 4. The molecule has 98 valence electrons. The molecule has 0 heterocycles. The molecule has 0 spiro atoms. The molecule has 1 aliphatic carbocycles. The molecule has 0 saturated heterocycles. The summed E-state index contributed by atoms with van der Waals surface area (Å²) >= 11 is 3.05. The number of nitrogens with one attached hydrogen (secondary N) is 1. The minimum absolute atomic E-state index is 0.214. The minimum Gasteiger partial charge on any atom is -0.379 e. The topological polar surface area (TPSA) is 55.2 Å². The van der Waals surface area contributed by atoms with Gasteiger partial charge in [-0.15, -0.1) is 0 Å². The Labute approximate surface area is 113 Å². The smallest absolute Gasteiger partial charge is 0.295 e. The zero-order valence-electron chi connectivity index (χ0n) is 9.79. The van der Waals surface area contributed by atoms with Crippen LogP contribution in [0.2, 0.25) is 0 Å². The summed E-state index contributed by atoms with van der Waals surface area (Å²) in [6.45, 7) is 0.707. The van der Waals surface area contributed by atoms with Gasteiger partial charge in [-0.2, -0.15) is 0 Å². The van der Waals surface area contributed by atoms with Crippen LogP contribution in [0, 0.1) is 21.8 Å². The molecule has 4 nitrogen and oxygen atoms in total. The fourth-order valence-electron chi connectivity index (χ4n) is 2.30. The van der Waals surface area contributed by atoms with Crippen molar-refractivity contribution >= 4 is 27.3 Å². The van der Waals surface area contributed by atoms with Crippen molar-refractivity contribution in [3.8, 4) is 0 Å². The number of halogens is 2. The quantitative estimate of drug-likeness (QED) is 0.672. The SMILES string of the molecule is O=[N+]([O-])c1cc(F)c(Br)cc1NCC1CCCC1. The highest BCUT2D eigenvalue weighted by Crippen LogP contribution is 2.32. The molecular formula is C12H14BrFN2O2. The molecule has 18 heavy (non-hydrogen) atoms. The van der Waals surface area contributed by atoms with Gasteiger partial charge in [-0.1, -0.05) is 12.8 Å². The molecular weight excluding hydrogens is 303 g/mol. The maximum atomic E-state index is 13.3. The average molecular weight is 317 g/mol. The van der Waals surface area contributed by atoms with E-state index in [0.717, 1.165) is 18.9 Å². The van der Waals surface area contributed by atoms with Crippen molar-refractivity contribution in [2.75, 3.05) is 11.9 Å². The lowest BCUT2D eigenvalue weighted by Crippen LogP contribution is -2.12. The first kappa shape index (κ1) is 13.3. The fourth-order valence-corrected chi connectivity index (χ4v) is 2.64. The molecule has 0 radical (unpaired) electrons. The molecule has 1 N–H and O–H groups in total. The third-order valence-electron chi connectivity index (χ3n) is 3.29. The maximum Gasteiger partial charge on any atom is 0.295 e. The second-order valence-electron chi connectivity index (χ2n) is 4.57. The molecule has 1 aromatic carbocycles. The van der Waals surface area contributed by atoms with Crippen molar-refractivity contribution in [2.45, 2.75) is 25.7 Å². The fraction of sp³-hybridized carbons (Fsp3) is 0.500. The van der Waals surface area contributed by atoms with Crippen molar-refractivity contribution in [1.82, 2.24) is 0 Å². The summed E-state index contributed by atoms with van der Waals surface area (Å²) in [6, 6.07) is 2.38. The Hall–Kier alpha value is -1.17. The molecule has 6 heteroatoms. The number of nitrogens with zero attached hydrogens (tertiary/aromatic N) is 1. The van der Waals surface area contributed by atoms with Crippen LogP contribution in [0.3, 0.4) is 0 Å². The van der Waals surface area contributed by atoms with Gasteiger partial charge in [0.1, 0.15) is 11.5 Å². The van der Waals surface area contributed by atoms with Crippen molar-refractivity contribution < 1.29 is 9.31 Å². The van der Waals surface area contributed by atoms with Crippen LogP contribution in [0.5, 0.6) is 0 Å². The van der Waals surface area contributed by atoms with E-state index in [1.807, 2.05) is 0 Å². The standard InChI is InChI=1S/C12H14BrFN2O2/c13-9-5-11(12(16(17)18)6-10(9)14)15-7-8-3-1-2-4-8/h5-6,8,15H,1-4,7H2. The van der Waals surface area contributed by atoms with Crippen LogP contribution in [-0.2, 0) is 0 Å². The van der Waals surface area contributed by atoms with Gasteiger partial charge in [0, 0.05) is 6.54 Å². The van der Waals surface area contributed by atoms with Gasteiger partial charge in [0.05, 0.1) is 15.5 Å². The molecule has 0 aromatic heterocycles. The third-order valence-corrected chi connectivity index (χ3v) is 3.90. The minimum atomic E-state index is -0.617. The molecule has 0 amide bonds. The van der Waals surface area contributed by atoms with Gasteiger partial charge in [0.2, 0.25) is 0 Å². The van der Waals surface area contributed by atoms with Gasteiger partial charge in [-0.05, 0) is 40.8 Å². The largest absolute Gasteiger partial charge is 0.379 e. The highest BCUT2D eigenvalue weighted by Gasteiger charge is 2.20. The second kappa shape index (κ2) is 5.65. The first-order valence-electron chi connectivity index (χ1n) is 5.95. The van der Waals surface area contributed by atoms with E-state index in [2.05, 4.69) is 21.2 Å². The Morgan fingerprint density at radius 2 is 2.11 bits per heavy atom. The van der Waals surface area contributed by atoms with Crippen LogP contribution in [0.1, 0.15) is 25.7 Å². The Bertz CT molecular complexity index is 462. The van der Waals surface area contributed by atoms with E-state index in [1.165, 1.54) is 18.9 Å². The number of benzene rings is 1. The normalized spacial score (nSPS) is 15.9. The first-order valence-corrected chi connectivity index (χ1v) is 6.74. The molecule has 1 aliphatic rings. The van der Waals surface area contributed by atoms with E-state index in [1.54, 1.807) is 0 Å². The van der Waals surface area contributed by atoms with E-state index in [0.29, 0.717) is 18.2 Å². The van der Waals surface area contributed by atoms with E-state index in [-0.39, 0.29) is 10.2 Å². The molecule has 1 aromatic rings. The lowest BCUT2D eigenvalue weighted by Gasteiger charge is -2.12. The van der Waals surface area contributed by atoms with Gasteiger partial charge in [0.25, 0.3) is 5.69 Å². The van der Waals surface area contributed by atoms with Gasteiger partial charge in [-0.3, -0.25) is 10.1 Å². The van der Waals surface area contributed by atoms with Gasteiger partial charge in [0.15, 0.2) is 0 Å². The number of anilines is 1. The van der Waals surface area contributed by atoms with E-state index in [9.17, 15) is 14.5 Å². The molecule has 0 aliphatic heterocycles. The summed E-state index contributed by atoms with van der Waals surface area (Å²) in [6.07, 6.45) is 4.76. The first-order chi connectivity index (χ1) is 8.58. The highest BCUT2D eigenvalue weighted by atomic mass is 79.9. The van der Waals surface area contributed by atoms with Crippen molar-refractivity contribution in [1.29, 1.82) is 0 Å². The monoisotopic (exact) mass is 316 g/mol. The van der Waals surface area contributed by atoms with Crippen LogP contribution in [0.25, 0.3) is 0 Å². The van der Waals surface area contributed by atoms with Crippen molar-refractivity contribution in [3.63, 3.8) is 0 Å². The number of hydrogen-bond donors (Lipinski definition) is 1. The van der Waals surface area contributed by atoms with E-state index in [4.69, 9.17) is 0 Å². The summed E-state index contributed by atoms with van der Waals surface area (Å²) in [5.74, 6) is -0.0541. The molecule has 0 unspecified atom stereocenters. The molecule has 1 fully saturated rings. The Kier molecular flexibility index (Phi) is 4.16. The number of hydrogen-bond acceptors (Lipinski definition) is 3. The Morgan fingerprint density at radius 1 is 1.44 bits per heavy atom. The summed E-state index contributed by atoms with van der Waals surface area (Å²) in [5, 5.41) is 13.9. The van der Waals surface area contributed by atoms with Crippen molar-refractivity contribution in [3.05, 3.63) is 32.5 Å². The van der Waals surface area contributed by atoms with Crippen LogP contribution in [0.4, 0.5) is 15.8 Å². The zero-order chi connectivity index (χ0) is 13.1. The summed E-state index contributed by atoms with van der Waals surface area (Å²) in [7, 11) is 0. The van der Waals surface area contributed by atoms with Gasteiger partial charge in [-0.25, -0.2) is 4.39 Å². The zero-order valence-corrected chi connectivity index (χ0v) is 11.4. The van der Waals surface area contributed by atoms with Gasteiger partial charge < -0.3 is 5.32 Å². The Morgan fingerprint density at radius 3 is 2.72 bits per heavy atom. The predicted molar refractivity (Wildman–Crippen MR) is 71.2 cm³/mol. The molecule has 2 rings (SSSR count). The van der Waals surface area contributed by atoms with Crippen molar-refractivity contribution in [2.24, 2.45) is 5.92 Å². The average Bonchev–Trinajstić information content (AvgIpc) is 2.83. The maximum absolute atomic E-state index is 13.3. The lowest BCUT2D eigenvalue weighted by molar-refractivity contribution is -0.384. The lowest BCUT2D eigenvalue weighted by atomic mass is 10.1. The highest BCUT2D eigenvalue weighted by molar-refractivity contribution is 9.10. The van der Waals surface area contributed by atoms with Crippen LogP contribution < -0.4 is 5.32 Å². The third kappa shape index (κ3) is 2.98. The summed E-state index contributed by atoms with van der Waals surface area (Å²) in [4.78, 5) is 10.3. The van der Waals surface area contributed by atoms with E-state index < -0.39 is 10.7 Å². The van der Waals surface area contributed by atoms with E-state index >= 15 is 0 Å². The predicted octanol–water partition coefficient (Wildman–Crippen LogP) is 4.10. The summed E-state index contributed by atoms with van der Waals surface area (Å²) in [5.41, 5.74) is 0.161. The summed E-state index contributed by atoms with van der Waals surface area (Å²) < 4.78 is 13.5. The van der Waals surface area contributed by atoms with Crippen LogP contribution in [-0.4, -0.2) is 11.5 Å². The molecule has 1 saturated carbocycles. The number of nitro groups is 1. The van der Waals surface area contributed by atoms with Crippen LogP contribution in [0.15, 0.2) is 16.6 Å². The van der Waals surface area contributed by atoms with Crippen LogP contribution >= 0.6 is 15.9 Å². The second-order valence-corrected chi connectivity index (χ2v) is 5.43. The number of nitro benzene ring substituents is 1. The molecule has 0 atom stereocenters. The molecule has 0 bridgehead atoms.